The van der Waals surface area contributed by atoms with Gasteiger partial charge in [-0.2, -0.15) is 0 Å². The van der Waals surface area contributed by atoms with Gasteiger partial charge in [0.25, 0.3) is 0 Å². The van der Waals surface area contributed by atoms with Crippen molar-refractivity contribution in [3.05, 3.63) is 245 Å². The Morgan fingerprint density at radius 3 is 2.03 bits per heavy atom. The molecule has 2 aliphatic carbocycles. The normalized spacial score (nSPS) is 14.7. The van der Waals surface area contributed by atoms with E-state index in [0.717, 1.165) is 19.3 Å². The average Bonchev–Trinajstić information content (AvgIpc) is 3.76. The molecule has 0 fully saturated rings. The fourth-order valence-corrected chi connectivity index (χ4v) is 10.2. The molecule has 0 spiro atoms. The van der Waals surface area contributed by atoms with Gasteiger partial charge in [0.05, 0.1) is 11.0 Å². The molecule has 0 saturated heterocycles. The molecule has 9 aromatic rings. The van der Waals surface area contributed by atoms with Crippen molar-refractivity contribution in [1.82, 2.24) is 4.57 Å². The van der Waals surface area contributed by atoms with Gasteiger partial charge in [-0.1, -0.05) is 190 Å². The van der Waals surface area contributed by atoms with Crippen molar-refractivity contribution in [2.24, 2.45) is 0 Å². The van der Waals surface area contributed by atoms with Crippen molar-refractivity contribution in [2.75, 3.05) is 0 Å². The van der Waals surface area contributed by atoms with Gasteiger partial charge in [0.1, 0.15) is 0 Å². The van der Waals surface area contributed by atoms with Crippen LogP contribution in [-0.2, 0) is 11.8 Å². The summed E-state index contributed by atoms with van der Waals surface area (Å²) in [6.07, 6.45) is 7.87. The Bertz CT molecular complexity index is 3120. The second-order valence-corrected chi connectivity index (χ2v) is 17.2. The predicted octanol–water partition coefficient (Wildman–Crippen LogP) is 15.4. The van der Waals surface area contributed by atoms with Gasteiger partial charge >= 0.3 is 0 Å². The highest BCUT2D eigenvalue weighted by molar-refractivity contribution is 6.10. The van der Waals surface area contributed by atoms with E-state index >= 15 is 0 Å². The van der Waals surface area contributed by atoms with Gasteiger partial charge in [-0.15, -0.1) is 0 Å². The van der Waals surface area contributed by atoms with Crippen LogP contribution in [0.1, 0.15) is 71.6 Å². The Balaban J connectivity index is 0.909. The molecular weight excluding hydrogens is 723 g/mol. The van der Waals surface area contributed by atoms with Gasteiger partial charge in [0.15, 0.2) is 0 Å². The zero-order chi connectivity index (χ0) is 40.2. The van der Waals surface area contributed by atoms with Crippen LogP contribution in [-0.4, -0.2) is 4.57 Å². The zero-order valence-corrected chi connectivity index (χ0v) is 34.3. The molecule has 60 heavy (non-hydrogen) atoms. The number of hydrogen-bond acceptors (Lipinski definition) is 0. The highest BCUT2D eigenvalue weighted by atomic mass is 15.0. The monoisotopic (exact) mass is 769 g/mol. The van der Waals surface area contributed by atoms with Gasteiger partial charge in [0, 0.05) is 27.8 Å². The largest absolute Gasteiger partial charge is 0.309 e. The summed E-state index contributed by atoms with van der Waals surface area (Å²) in [4.78, 5) is 0. The highest BCUT2D eigenvalue weighted by Gasteiger charge is 2.35. The van der Waals surface area contributed by atoms with Crippen LogP contribution in [0, 0.1) is 0 Å². The van der Waals surface area contributed by atoms with Crippen LogP contribution in [0.25, 0.3) is 60.9 Å². The first-order valence-corrected chi connectivity index (χ1v) is 21.5. The third-order valence-electron chi connectivity index (χ3n) is 13.3. The molecule has 1 heteroatoms. The summed E-state index contributed by atoms with van der Waals surface area (Å²) < 4.78 is 2.41. The Kier molecular flexibility index (Phi) is 8.85. The molecule has 2 aliphatic rings. The van der Waals surface area contributed by atoms with Crippen molar-refractivity contribution in [2.45, 2.75) is 44.4 Å². The Labute approximate surface area is 353 Å². The topological polar surface area (TPSA) is 4.93 Å². The summed E-state index contributed by atoms with van der Waals surface area (Å²) >= 11 is 0. The molecular formula is C59H47N. The van der Waals surface area contributed by atoms with Gasteiger partial charge in [0.2, 0.25) is 0 Å². The zero-order valence-electron chi connectivity index (χ0n) is 34.3. The lowest BCUT2D eigenvalue weighted by Crippen LogP contribution is -2.16. The minimum absolute atomic E-state index is 0.0293. The lowest BCUT2D eigenvalue weighted by atomic mass is 9.79. The summed E-state index contributed by atoms with van der Waals surface area (Å²) in [7, 11) is 0. The minimum atomic E-state index is -0.0293. The van der Waals surface area contributed by atoms with E-state index in [2.05, 4.69) is 225 Å². The summed E-state index contributed by atoms with van der Waals surface area (Å²) in [6.45, 7) is 4.76. The van der Waals surface area contributed by atoms with Gasteiger partial charge < -0.3 is 4.57 Å². The summed E-state index contributed by atoms with van der Waals surface area (Å²) in [5.41, 5.74) is 21.1. The lowest BCUT2D eigenvalue weighted by Gasteiger charge is -2.24. The number of aromatic nitrogens is 1. The van der Waals surface area contributed by atoms with Crippen molar-refractivity contribution >= 4 is 33.0 Å². The maximum atomic E-state index is 2.51. The molecule has 0 N–H and O–H groups in total. The van der Waals surface area contributed by atoms with Crippen LogP contribution in [0.5, 0.6) is 0 Å². The fourth-order valence-electron chi connectivity index (χ4n) is 10.2. The molecule has 0 aliphatic heterocycles. The Hall–Kier alpha value is -6.96. The lowest BCUT2D eigenvalue weighted by molar-refractivity contribution is 0.657. The van der Waals surface area contributed by atoms with Crippen LogP contribution in [0.3, 0.4) is 0 Å². The van der Waals surface area contributed by atoms with E-state index in [4.69, 9.17) is 0 Å². The van der Waals surface area contributed by atoms with E-state index in [1.165, 1.54) is 99.8 Å². The molecule has 8 aromatic carbocycles. The average molecular weight is 770 g/mol. The predicted molar refractivity (Wildman–Crippen MR) is 254 cm³/mol. The third-order valence-corrected chi connectivity index (χ3v) is 13.3. The van der Waals surface area contributed by atoms with Crippen molar-refractivity contribution in [3.8, 4) is 27.9 Å². The van der Waals surface area contributed by atoms with E-state index in [-0.39, 0.29) is 11.3 Å². The van der Waals surface area contributed by atoms with Crippen LogP contribution in [0.15, 0.2) is 206 Å². The summed E-state index contributed by atoms with van der Waals surface area (Å²) in [5.74, 6) is 0.248. The number of hydrogen-bond donors (Lipinski definition) is 0. The molecule has 1 atom stereocenters. The first kappa shape index (κ1) is 36.1. The SMILES string of the molecule is CC1(C)c2ccccc2-c2ccc(C(Cc3cccc(C4=CC(c5ccc6c(c5)c5ccccc5n6-c5ccc(-c6ccccc6)cc5)=CCC4)c3)c3ccccc3)cc21. The van der Waals surface area contributed by atoms with Crippen LogP contribution in [0.4, 0.5) is 0 Å². The van der Waals surface area contributed by atoms with Gasteiger partial charge in [-0.3, -0.25) is 0 Å². The molecule has 0 amide bonds. The summed E-state index contributed by atoms with van der Waals surface area (Å²) in [5, 5.41) is 2.56. The molecule has 1 aromatic heterocycles. The maximum absolute atomic E-state index is 2.51. The molecule has 1 heterocycles. The molecule has 0 radical (unpaired) electrons. The smallest absolute Gasteiger partial charge is 0.0541 e. The molecule has 0 saturated carbocycles. The second-order valence-electron chi connectivity index (χ2n) is 17.2. The van der Waals surface area contributed by atoms with Crippen LogP contribution < -0.4 is 0 Å². The van der Waals surface area contributed by atoms with E-state index in [9.17, 15) is 0 Å². The number of allylic oxidation sites excluding steroid dienone is 4. The van der Waals surface area contributed by atoms with E-state index < -0.39 is 0 Å². The second kappa shape index (κ2) is 14.7. The van der Waals surface area contributed by atoms with E-state index in [0.29, 0.717) is 0 Å². The molecule has 1 nitrogen and oxygen atoms in total. The fraction of sp³-hybridized carbons (Fsp3) is 0.119. The Morgan fingerprint density at radius 2 is 1.18 bits per heavy atom. The number of benzene rings is 8. The number of fused-ring (bicyclic) bond motifs is 6. The summed E-state index contributed by atoms with van der Waals surface area (Å²) in [6, 6.07) is 72.1. The quantitative estimate of drug-likeness (QED) is 0.145. The first-order chi connectivity index (χ1) is 29.5. The van der Waals surface area contributed by atoms with Crippen molar-refractivity contribution in [3.63, 3.8) is 0 Å². The van der Waals surface area contributed by atoms with Gasteiger partial charge in [-0.25, -0.2) is 0 Å². The Morgan fingerprint density at radius 1 is 0.500 bits per heavy atom. The highest BCUT2D eigenvalue weighted by Crippen LogP contribution is 2.49. The van der Waals surface area contributed by atoms with Crippen molar-refractivity contribution < 1.29 is 0 Å². The van der Waals surface area contributed by atoms with Crippen molar-refractivity contribution in [1.29, 1.82) is 0 Å². The van der Waals surface area contributed by atoms with E-state index in [1.807, 2.05) is 0 Å². The standard InChI is InChI=1S/C59H47N/c1-59(2)55-25-11-9-23-50(55)51-33-29-48(39-56(51)59)53(43-18-7-4-8-19-43)36-40-15-13-20-44(35-40)45-21-14-22-46(37-45)47-30-34-58-54(38-47)52-24-10-12-26-57(52)60(58)49-31-27-42(28-32-49)41-16-5-3-6-17-41/h3-13,15-20,22-35,37-39,53H,14,21,36H2,1-2H3. The molecule has 1 unspecified atom stereocenters. The van der Waals surface area contributed by atoms with E-state index in [1.54, 1.807) is 0 Å². The first-order valence-electron chi connectivity index (χ1n) is 21.5. The maximum Gasteiger partial charge on any atom is 0.0541 e. The number of para-hydroxylation sites is 1. The molecule has 0 bridgehead atoms. The van der Waals surface area contributed by atoms with Gasteiger partial charge in [-0.05, 0) is 122 Å². The van der Waals surface area contributed by atoms with Crippen LogP contribution >= 0.6 is 0 Å². The third kappa shape index (κ3) is 6.25. The molecule has 288 valence electrons. The minimum Gasteiger partial charge on any atom is -0.309 e. The number of rotatable bonds is 8. The molecule has 11 rings (SSSR count). The van der Waals surface area contributed by atoms with Crippen LogP contribution in [0.2, 0.25) is 0 Å². The number of nitrogens with zero attached hydrogens (tertiary/aromatic N) is 1.